The second kappa shape index (κ2) is 9.04. The van der Waals surface area contributed by atoms with E-state index in [0.717, 1.165) is 37.2 Å². The van der Waals surface area contributed by atoms with E-state index in [9.17, 15) is 4.79 Å². The van der Waals surface area contributed by atoms with Crippen molar-refractivity contribution in [1.29, 1.82) is 0 Å². The van der Waals surface area contributed by atoms with Gasteiger partial charge in [-0.15, -0.1) is 0 Å². The predicted molar refractivity (Wildman–Crippen MR) is 95.0 cm³/mol. The van der Waals surface area contributed by atoms with Crippen molar-refractivity contribution in [2.45, 2.75) is 33.2 Å². The Bertz CT molecular complexity index is 520. The van der Waals surface area contributed by atoms with Crippen molar-refractivity contribution >= 4 is 5.91 Å². The van der Waals surface area contributed by atoms with Gasteiger partial charge in [0.2, 0.25) is 5.91 Å². The molecule has 24 heavy (non-hydrogen) atoms. The molecule has 0 atom stereocenters. The molecule has 134 valence electrons. The Hall–Kier alpha value is -1.59. The van der Waals surface area contributed by atoms with E-state index in [4.69, 9.17) is 9.47 Å². The average molecular weight is 334 g/mol. The molecule has 1 aromatic rings. The lowest BCUT2D eigenvalue weighted by atomic mass is 9.78. The van der Waals surface area contributed by atoms with Crippen LogP contribution in [0, 0.1) is 11.3 Å². The van der Waals surface area contributed by atoms with Crippen LogP contribution in [0.4, 0.5) is 0 Å². The first kappa shape index (κ1) is 18.7. The van der Waals surface area contributed by atoms with Crippen LogP contribution in [-0.2, 0) is 16.1 Å². The summed E-state index contributed by atoms with van der Waals surface area (Å²) in [6, 6.07) is 7.92. The second-order valence-electron chi connectivity index (χ2n) is 7.00. The van der Waals surface area contributed by atoms with E-state index >= 15 is 0 Å². The molecule has 1 amide bonds. The van der Waals surface area contributed by atoms with Gasteiger partial charge in [-0.05, 0) is 49.5 Å². The Kier molecular flexibility index (Phi) is 7.06. The van der Waals surface area contributed by atoms with E-state index in [0.29, 0.717) is 25.7 Å². The molecule has 1 aromatic carbocycles. The van der Waals surface area contributed by atoms with Crippen molar-refractivity contribution in [3.05, 3.63) is 29.8 Å². The molecule has 1 fully saturated rings. The van der Waals surface area contributed by atoms with Crippen molar-refractivity contribution in [3.63, 3.8) is 0 Å². The molecule has 1 aliphatic heterocycles. The van der Waals surface area contributed by atoms with Gasteiger partial charge < -0.3 is 20.1 Å². The smallest absolute Gasteiger partial charge is 0.228 e. The van der Waals surface area contributed by atoms with E-state index in [2.05, 4.69) is 24.5 Å². The molecule has 0 spiro atoms. The number of piperidine rings is 1. The maximum Gasteiger partial charge on any atom is 0.228 e. The minimum Gasteiger partial charge on any atom is -0.493 e. The molecule has 0 saturated carbocycles. The van der Waals surface area contributed by atoms with Gasteiger partial charge in [0.15, 0.2) is 0 Å². The van der Waals surface area contributed by atoms with Gasteiger partial charge in [-0.25, -0.2) is 0 Å². The lowest BCUT2D eigenvalue weighted by Gasteiger charge is -2.35. The normalized spacial score (nSPS) is 16.8. The summed E-state index contributed by atoms with van der Waals surface area (Å²) in [4.78, 5) is 12.7. The van der Waals surface area contributed by atoms with E-state index in [1.165, 1.54) is 0 Å². The third-order valence-corrected chi connectivity index (χ3v) is 4.40. The van der Waals surface area contributed by atoms with Crippen molar-refractivity contribution in [2.75, 3.05) is 33.4 Å². The highest BCUT2D eigenvalue weighted by Gasteiger charge is 2.39. The molecule has 2 rings (SSSR count). The fraction of sp³-hybridized carbons (Fsp3) is 0.632. The molecule has 0 aliphatic carbocycles. The number of rotatable bonds is 8. The minimum absolute atomic E-state index is 0.0827. The Morgan fingerprint density at radius 1 is 1.33 bits per heavy atom. The average Bonchev–Trinajstić information content (AvgIpc) is 2.59. The largest absolute Gasteiger partial charge is 0.493 e. The summed E-state index contributed by atoms with van der Waals surface area (Å²) in [6.07, 6.45) is 1.62. The molecule has 1 aliphatic rings. The first-order valence-electron chi connectivity index (χ1n) is 8.75. The minimum atomic E-state index is -0.411. The second-order valence-corrected chi connectivity index (χ2v) is 7.00. The van der Waals surface area contributed by atoms with Gasteiger partial charge in [0.25, 0.3) is 0 Å². The molecule has 5 heteroatoms. The molecule has 1 saturated heterocycles. The zero-order chi connectivity index (χ0) is 17.4. The number of hydrogen-bond acceptors (Lipinski definition) is 4. The van der Waals surface area contributed by atoms with Crippen molar-refractivity contribution < 1.29 is 14.3 Å². The molecule has 0 unspecified atom stereocenters. The highest BCUT2D eigenvalue weighted by molar-refractivity contribution is 5.83. The van der Waals surface area contributed by atoms with Gasteiger partial charge in [-0.2, -0.15) is 0 Å². The van der Waals surface area contributed by atoms with Crippen LogP contribution in [0.15, 0.2) is 24.3 Å². The Morgan fingerprint density at radius 3 is 2.75 bits per heavy atom. The molecular weight excluding hydrogens is 304 g/mol. The standard InChI is InChI=1S/C19H30N2O3/c1-15(2)13-24-17-6-4-5-16(11-17)12-21-18(22)19(14-23-3)7-9-20-10-8-19/h4-6,11,15,20H,7-10,12-14H2,1-3H3,(H,21,22). The highest BCUT2D eigenvalue weighted by atomic mass is 16.5. The molecule has 2 N–H and O–H groups in total. The van der Waals surface area contributed by atoms with E-state index in [1.54, 1.807) is 7.11 Å². The first-order valence-corrected chi connectivity index (χ1v) is 8.75. The Labute approximate surface area is 145 Å². The first-order chi connectivity index (χ1) is 11.6. The van der Waals surface area contributed by atoms with Crippen LogP contribution in [0.3, 0.4) is 0 Å². The maximum absolute atomic E-state index is 12.7. The fourth-order valence-electron chi connectivity index (χ4n) is 3.00. The summed E-state index contributed by atoms with van der Waals surface area (Å²) in [5.74, 6) is 1.42. The number of hydrogen-bond donors (Lipinski definition) is 2. The number of benzene rings is 1. The summed E-state index contributed by atoms with van der Waals surface area (Å²) >= 11 is 0. The quantitative estimate of drug-likeness (QED) is 0.766. The summed E-state index contributed by atoms with van der Waals surface area (Å²) in [7, 11) is 1.66. The summed E-state index contributed by atoms with van der Waals surface area (Å²) in [5.41, 5.74) is 0.636. The summed E-state index contributed by atoms with van der Waals surface area (Å²) < 4.78 is 11.1. The van der Waals surface area contributed by atoms with Crippen molar-refractivity contribution in [3.8, 4) is 5.75 Å². The lowest BCUT2D eigenvalue weighted by Crippen LogP contribution is -2.49. The summed E-state index contributed by atoms with van der Waals surface area (Å²) in [6.45, 7) is 7.63. The summed E-state index contributed by atoms with van der Waals surface area (Å²) in [5, 5.41) is 6.39. The Balaban J connectivity index is 1.93. The van der Waals surface area contributed by atoms with Gasteiger partial charge >= 0.3 is 0 Å². The number of carbonyl (C=O) groups excluding carboxylic acids is 1. The maximum atomic E-state index is 12.7. The van der Waals surface area contributed by atoms with Crippen LogP contribution < -0.4 is 15.4 Å². The topological polar surface area (TPSA) is 59.6 Å². The molecule has 0 bridgehead atoms. The molecule has 5 nitrogen and oxygen atoms in total. The van der Waals surface area contributed by atoms with Gasteiger partial charge in [-0.1, -0.05) is 26.0 Å². The van der Waals surface area contributed by atoms with Gasteiger partial charge in [-0.3, -0.25) is 4.79 Å². The number of methoxy groups -OCH3 is 1. The Morgan fingerprint density at radius 2 is 2.08 bits per heavy atom. The highest BCUT2D eigenvalue weighted by Crippen LogP contribution is 2.29. The molecule has 0 aromatic heterocycles. The molecule has 0 radical (unpaired) electrons. The zero-order valence-corrected chi connectivity index (χ0v) is 15.1. The number of amides is 1. The van der Waals surface area contributed by atoms with E-state index < -0.39 is 5.41 Å². The molecular formula is C19H30N2O3. The number of carbonyl (C=O) groups is 1. The van der Waals surface area contributed by atoms with Crippen LogP contribution >= 0.6 is 0 Å². The van der Waals surface area contributed by atoms with Gasteiger partial charge in [0.05, 0.1) is 18.6 Å². The SMILES string of the molecule is COCC1(C(=O)NCc2cccc(OCC(C)C)c2)CCNCC1. The lowest BCUT2D eigenvalue weighted by molar-refractivity contribution is -0.136. The van der Waals surface area contributed by atoms with E-state index in [-0.39, 0.29) is 5.91 Å². The molecule has 1 heterocycles. The van der Waals surface area contributed by atoms with Crippen LogP contribution in [-0.4, -0.2) is 39.3 Å². The van der Waals surface area contributed by atoms with Gasteiger partial charge in [0, 0.05) is 13.7 Å². The zero-order valence-electron chi connectivity index (χ0n) is 15.1. The van der Waals surface area contributed by atoms with Crippen LogP contribution in [0.25, 0.3) is 0 Å². The third kappa shape index (κ3) is 5.21. The van der Waals surface area contributed by atoms with Crippen LogP contribution in [0.1, 0.15) is 32.3 Å². The van der Waals surface area contributed by atoms with Gasteiger partial charge in [0.1, 0.15) is 5.75 Å². The van der Waals surface area contributed by atoms with Crippen molar-refractivity contribution in [2.24, 2.45) is 11.3 Å². The number of nitrogens with one attached hydrogen (secondary N) is 2. The van der Waals surface area contributed by atoms with Crippen LogP contribution in [0.5, 0.6) is 5.75 Å². The fourth-order valence-corrected chi connectivity index (χ4v) is 3.00. The number of ether oxygens (including phenoxy) is 2. The van der Waals surface area contributed by atoms with E-state index in [1.807, 2.05) is 24.3 Å². The van der Waals surface area contributed by atoms with Crippen LogP contribution in [0.2, 0.25) is 0 Å². The third-order valence-electron chi connectivity index (χ3n) is 4.40. The predicted octanol–water partition coefficient (Wildman–Crippen LogP) is 2.35. The monoisotopic (exact) mass is 334 g/mol. The van der Waals surface area contributed by atoms with Crippen molar-refractivity contribution in [1.82, 2.24) is 10.6 Å².